The Balaban J connectivity index is 1.84. The Bertz CT molecular complexity index is 962. The zero-order valence-corrected chi connectivity index (χ0v) is 15.6. The van der Waals surface area contributed by atoms with E-state index < -0.39 is 5.54 Å². The van der Waals surface area contributed by atoms with E-state index >= 15 is 0 Å². The lowest BCUT2D eigenvalue weighted by Crippen LogP contribution is -2.41. The van der Waals surface area contributed by atoms with Gasteiger partial charge in [-0.15, -0.1) is 0 Å². The first kappa shape index (κ1) is 16.9. The predicted molar refractivity (Wildman–Crippen MR) is 105 cm³/mol. The zero-order valence-electron chi connectivity index (χ0n) is 14.9. The fraction of sp³-hybridized carbons (Fsp3) is 0.174. The first-order valence-corrected chi connectivity index (χ1v) is 9.11. The van der Waals surface area contributed by atoms with E-state index in [-0.39, 0.29) is 5.91 Å². The van der Waals surface area contributed by atoms with Crippen LogP contribution in [0.4, 0.5) is 0 Å². The van der Waals surface area contributed by atoms with E-state index in [0.717, 1.165) is 22.3 Å². The normalized spacial score (nSPS) is 18.9. The summed E-state index contributed by atoms with van der Waals surface area (Å²) in [5.41, 5.74) is 4.69. The molecule has 1 aliphatic rings. The molecule has 26 heavy (non-hydrogen) atoms. The van der Waals surface area contributed by atoms with Crippen LogP contribution in [0.25, 0.3) is 0 Å². The van der Waals surface area contributed by atoms with Crippen molar-refractivity contribution in [3.63, 3.8) is 0 Å². The molecule has 0 saturated heterocycles. The van der Waals surface area contributed by atoms with Crippen LogP contribution in [0.2, 0.25) is 5.02 Å². The SMILES string of the molecule is Cc1ccc(CN2C(=O)c3ccccc3C2(C)c2ccc(Cl)cc2)cc1. The van der Waals surface area contributed by atoms with Gasteiger partial charge in [0.25, 0.3) is 5.91 Å². The van der Waals surface area contributed by atoms with E-state index in [0.29, 0.717) is 11.6 Å². The number of nitrogens with zero attached hydrogens (tertiary/aromatic N) is 1. The van der Waals surface area contributed by atoms with Gasteiger partial charge in [-0.2, -0.15) is 0 Å². The van der Waals surface area contributed by atoms with Crippen LogP contribution in [-0.4, -0.2) is 10.8 Å². The van der Waals surface area contributed by atoms with Gasteiger partial charge < -0.3 is 4.90 Å². The van der Waals surface area contributed by atoms with Crippen molar-refractivity contribution in [3.8, 4) is 0 Å². The van der Waals surface area contributed by atoms with Gasteiger partial charge in [0.2, 0.25) is 0 Å². The molecular weight excluding hydrogens is 342 g/mol. The van der Waals surface area contributed by atoms with E-state index in [1.165, 1.54) is 5.56 Å². The molecule has 0 aliphatic carbocycles. The molecule has 0 N–H and O–H groups in total. The van der Waals surface area contributed by atoms with Crippen LogP contribution in [0.3, 0.4) is 0 Å². The number of fused-ring (bicyclic) bond motifs is 1. The largest absolute Gasteiger partial charge is 0.321 e. The molecule has 3 aromatic carbocycles. The highest BCUT2D eigenvalue weighted by Gasteiger charge is 2.47. The smallest absolute Gasteiger partial charge is 0.255 e. The summed E-state index contributed by atoms with van der Waals surface area (Å²) in [5, 5.41) is 0.694. The Hall–Kier alpha value is -2.58. The monoisotopic (exact) mass is 361 g/mol. The number of carbonyl (C=O) groups is 1. The van der Waals surface area contributed by atoms with Crippen molar-refractivity contribution in [1.29, 1.82) is 0 Å². The fourth-order valence-corrected chi connectivity index (χ4v) is 3.91. The van der Waals surface area contributed by atoms with Crippen molar-refractivity contribution in [2.24, 2.45) is 0 Å². The first-order valence-electron chi connectivity index (χ1n) is 8.73. The van der Waals surface area contributed by atoms with E-state index in [4.69, 9.17) is 11.6 Å². The minimum absolute atomic E-state index is 0.0682. The summed E-state index contributed by atoms with van der Waals surface area (Å²) < 4.78 is 0. The van der Waals surface area contributed by atoms with Gasteiger partial charge in [0.15, 0.2) is 0 Å². The third kappa shape index (κ3) is 2.62. The zero-order chi connectivity index (χ0) is 18.3. The van der Waals surface area contributed by atoms with E-state index in [1.807, 2.05) is 47.4 Å². The fourth-order valence-electron chi connectivity index (χ4n) is 3.78. The highest BCUT2D eigenvalue weighted by molar-refractivity contribution is 6.30. The maximum Gasteiger partial charge on any atom is 0.255 e. The highest BCUT2D eigenvalue weighted by Crippen LogP contribution is 2.44. The molecule has 1 atom stereocenters. The van der Waals surface area contributed by atoms with Crippen molar-refractivity contribution in [2.75, 3.05) is 0 Å². The molecule has 0 fully saturated rings. The molecule has 0 bridgehead atoms. The molecule has 0 spiro atoms. The second-order valence-electron chi connectivity index (χ2n) is 7.00. The number of rotatable bonds is 3. The molecule has 1 heterocycles. The molecule has 1 aliphatic heterocycles. The average Bonchev–Trinajstić information content (AvgIpc) is 2.87. The number of hydrogen-bond acceptors (Lipinski definition) is 1. The lowest BCUT2D eigenvalue weighted by Gasteiger charge is -2.37. The van der Waals surface area contributed by atoms with Crippen LogP contribution in [0, 0.1) is 6.92 Å². The van der Waals surface area contributed by atoms with Crippen LogP contribution in [0.1, 0.15) is 39.5 Å². The Kier molecular flexibility index (Phi) is 4.08. The first-order chi connectivity index (χ1) is 12.5. The maximum atomic E-state index is 13.2. The van der Waals surface area contributed by atoms with E-state index in [1.54, 1.807) is 0 Å². The van der Waals surface area contributed by atoms with Gasteiger partial charge in [0.1, 0.15) is 0 Å². The van der Waals surface area contributed by atoms with Gasteiger partial charge in [-0.05, 0) is 48.7 Å². The van der Waals surface area contributed by atoms with Gasteiger partial charge in [-0.25, -0.2) is 0 Å². The van der Waals surface area contributed by atoms with Crippen molar-refractivity contribution in [3.05, 3.63) is 106 Å². The van der Waals surface area contributed by atoms with E-state index in [9.17, 15) is 4.79 Å². The third-order valence-electron chi connectivity index (χ3n) is 5.33. The summed E-state index contributed by atoms with van der Waals surface area (Å²) in [7, 11) is 0. The lowest BCUT2D eigenvalue weighted by atomic mass is 9.84. The van der Waals surface area contributed by atoms with Crippen molar-refractivity contribution < 1.29 is 4.79 Å². The Morgan fingerprint density at radius 1 is 0.923 bits per heavy atom. The molecule has 130 valence electrons. The Labute approximate surface area is 159 Å². The minimum atomic E-state index is -0.525. The number of aryl methyl sites for hydroxylation is 1. The molecule has 3 aromatic rings. The average molecular weight is 362 g/mol. The lowest BCUT2D eigenvalue weighted by molar-refractivity contribution is 0.0630. The summed E-state index contributed by atoms with van der Waals surface area (Å²) in [6.07, 6.45) is 0. The van der Waals surface area contributed by atoms with Crippen LogP contribution in [0.5, 0.6) is 0 Å². The topological polar surface area (TPSA) is 20.3 Å². The summed E-state index contributed by atoms with van der Waals surface area (Å²) in [4.78, 5) is 15.2. The van der Waals surface area contributed by atoms with Crippen molar-refractivity contribution in [1.82, 2.24) is 4.90 Å². The molecule has 0 aromatic heterocycles. The quantitative estimate of drug-likeness (QED) is 0.597. The molecule has 4 rings (SSSR count). The number of benzene rings is 3. The van der Waals surface area contributed by atoms with E-state index in [2.05, 4.69) is 44.2 Å². The molecule has 1 amide bonds. The van der Waals surface area contributed by atoms with Gasteiger partial charge in [0.05, 0.1) is 5.54 Å². The summed E-state index contributed by atoms with van der Waals surface area (Å²) in [6.45, 7) is 4.75. The van der Waals surface area contributed by atoms with Crippen molar-refractivity contribution >= 4 is 17.5 Å². The van der Waals surface area contributed by atoms with Gasteiger partial charge in [0, 0.05) is 17.1 Å². The maximum absolute atomic E-state index is 13.2. The van der Waals surface area contributed by atoms with Gasteiger partial charge in [-0.3, -0.25) is 4.79 Å². The van der Waals surface area contributed by atoms with Crippen molar-refractivity contribution in [2.45, 2.75) is 25.9 Å². The number of hydrogen-bond donors (Lipinski definition) is 0. The molecule has 3 heteroatoms. The van der Waals surface area contributed by atoms with Crippen LogP contribution >= 0.6 is 11.6 Å². The number of carbonyl (C=O) groups excluding carboxylic acids is 1. The van der Waals surface area contributed by atoms with Gasteiger partial charge in [-0.1, -0.05) is 71.8 Å². The second kappa shape index (κ2) is 6.30. The standard InChI is InChI=1S/C23H20ClNO/c1-16-7-9-17(10-8-16)15-25-22(26)20-5-3-4-6-21(20)23(25,2)18-11-13-19(24)14-12-18/h3-14H,15H2,1-2H3. The third-order valence-corrected chi connectivity index (χ3v) is 5.59. The van der Waals surface area contributed by atoms with Crippen LogP contribution in [0.15, 0.2) is 72.8 Å². The van der Waals surface area contributed by atoms with Crippen LogP contribution in [-0.2, 0) is 12.1 Å². The Morgan fingerprint density at radius 3 is 2.27 bits per heavy atom. The molecule has 2 nitrogen and oxygen atoms in total. The van der Waals surface area contributed by atoms with Crippen LogP contribution < -0.4 is 0 Å². The summed E-state index contributed by atoms with van der Waals surface area (Å²) in [6, 6.07) is 24.0. The summed E-state index contributed by atoms with van der Waals surface area (Å²) in [5.74, 6) is 0.0682. The minimum Gasteiger partial charge on any atom is -0.321 e. The number of amides is 1. The second-order valence-corrected chi connectivity index (χ2v) is 7.44. The Morgan fingerprint density at radius 2 is 1.58 bits per heavy atom. The van der Waals surface area contributed by atoms with Gasteiger partial charge >= 0.3 is 0 Å². The molecule has 0 radical (unpaired) electrons. The molecule has 1 unspecified atom stereocenters. The summed E-state index contributed by atoms with van der Waals surface area (Å²) >= 11 is 6.09. The number of halogens is 1. The molecule has 0 saturated carbocycles. The molecular formula is C23H20ClNO. The highest BCUT2D eigenvalue weighted by atomic mass is 35.5. The predicted octanol–water partition coefficient (Wildman–Crippen LogP) is 5.57.